The van der Waals surface area contributed by atoms with Crippen LogP contribution in [0.1, 0.15) is 47.0 Å². The van der Waals surface area contributed by atoms with Crippen molar-refractivity contribution in [3.05, 3.63) is 0 Å². The van der Waals surface area contributed by atoms with E-state index in [0.29, 0.717) is 65.3 Å². The molecule has 0 saturated heterocycles. The molecule has 0 bridgehead atoms. The van der Waals surface area contributed by atoms with Gasteiger partial charge in [-0.1, -0.05) is 46.0 Å². The third-order valence-corrected chi connectivity index (χ3v) is 3.73. The number of hydrogen-bond donors (Lipinski definition) is 1. The Morgan fingerprint density at radius 2 is 1.44 bits per heavy atom. The van der Waals surface area contributed by atoms with Gasteiger partial charge in [-0.2, -0.15) is 0 Å². The molecule has 0 fully saturated rings. The van der Waals surface area contributed by atoms with Gasteiger partial charge in [0, 0.05) is 18.4 Å². The van der Waals surface area contributed by atoms with Crippen LogP contribution in [0.5, 0.6) is 0 Å². The summed E-state index contributed by atoms with van der Waals surface area (Å²) in [6.07, 6.45) is 2.86. The Balaban J connectivity index is 3.27. The standard InChI is InChI=1S/C21H39NO5/c1-5-8-20(6-2)21(23)22-10-12-25-14-16-27-18-17-26-15-13-24-11-7-9-19(3)4/h19-20H,5-6,8,10-18H2,1-4H3,(H,22,23). The van der Waals surface area contributed by atoms with E-state index in [9.17, 15) is 4.79 Å². The van der Waals surface area contributed by atoms with Gasteiger partial charge in [-0.3, -0.25) is 4.79 Å². The number of rotatable bonds is 17. The van der Waals surface area contributed by atoms with Crippen LogP contribution >= 0.6 is 0 Å². The van der Waals surface area contributed by atoms with Crippen LogP contribution in [-0.4, -0.2) is 65.3 Å². The highest BCUT2D eigenvalue weighted by atomic mass is 16.6. The van der Waals surface area contributed by atoms with E-state index < -0.39 is 0 Å². The van der Waals surface area contributed by atoms with Crippen molar-refractivity contribution < 1.29 is 23.7 Å². The largest absolute Gasteiger partial charge is 0.377 e. The maximum atomic E-state index is 11.9. The molecule has 0 aromatic carbocycles. The van der Waals surface area contributed by atoms with E-state index in [-0.39, 0.29) is 11.8 Å². The van der Waals surface area contributed by atoms with Crippen molar-refractivity contribution in [2.75, 3.05) is 59.4 Å². The fraction of sp³-hybridized carbons (Fsp3) is 0.857. The monoisotopic (exact) mass is 385 g/mol. The van der Waals surface area contributed by atoms with Crippen molar-refractivity contribution in [1.29, 1.82) is 0 Å². The van der Waals surface area contributed by atoms with Crippen molar-refractivity contribution in [2.45, 2.75) is 47.0 Å². The normalized spacial score (nSPS) is 11.9. The second kappa shape index (κ2) is 19.6. The lowest BCUT2D eigenvalue weighted by Gasteiger charge is -2.14. The third kappa shape index (κ3) is 18.0. The Labute approximate surface area is 165 Å². The topological polar surface area (TPSA) is 66.0 Å². The quantitative estimate of drug-likeness (QED) is 0.308. The Kier molecular flexibility index (Phi) is 18.8. The van der Waals surface area contributed by atoms with Gasteiger partial charge in [-0.25, -0.2) is 0 Å². The Bertz CT molecular complexity index is 403. The fourth-order valence-electron chi connectivity index (χ4n) is 2.29. The molecule has 6 nitrogen and oxygen atoms in total. The molecule has 0 radical (unpaired) electrons. The van der Waals surface area contributed by atoms with Crippen LogP contribution in [0, 0.1) is 23.7 Å². The van der Waals surface area contributed by atoms with E-state index in [4.69, 9.17) is 18.9 Å². The summed E-state index contributed by atoms with van der Waals surface area (Å²) in [5.74, 6) is 6.63. The lowest BCUT2D eigenvalue weighted by Crippen LogP contribution is -2.33. The first-order valence-electron chi connectivity index (χ1n) is 10.2. The van der Waals surface area contributed by atoms with Gasteiger partial charge in [0.15, 0.2) is 0 Å². The van der Waals surface area contributed by atoms with Crippen LogP contribution in [0.2, 0.25) is 0 Å². The summed E-state index contributed by atoms with van der Waals surface area (Å²) < 4.78 is 21.6. The number of carbonyl (C=O) groups excluding carboxylic acids is 1. The summed E-state index contributed by atoms with van der Waals surface area (Å²) in [7, 11) is 0. The summed E-state index contributed by atoms with van der Waals surface area (Å²) in [4.78, 5) is 11.9. The molecule has 0 aromatic rings. The Hall–Kier alpha value is -1.13. The maximum absolute atomic E-state index is 11.9. The van der Waals surface area contributed by atoms with Crippen LogP contribution in [0.4, 0.5) is 0 Å². The molecular formula is C21H39NO5. The highest BCUT2D eigenvalue weighted by molar-refractivity contribution is 5.78. The first-order chi connectivity index (χ1) is 13.1. The van der Waals surface area contributed by atoms with Crippen LogP contribution < -0.4 is 5.32 Å². The lowest BCUT2D eigenvalue weighted by molar-refractivity contribution is -0.125. The van der Waals surface area contributed by atoms with Gasteiger partial charge in [0.2, 0.25) is 5.91 Å². The summed E-state index contributed by atoms with van der Waals surface area (Å²) in [5.41, 5.74) is 0. The average molecular weight is 386 g/mol. The minimum Gasteiger partial charge on any atom is -0.377 e. The van der Waals surface area contributed by atoms with Gasteiger partial charge in [-0.15, -0.1) is 0 Å². The predicted octanol–water partition coefficient (Wildman–Crippen LogP) is 2.65. The van der Waals surface area contributed by atoms with Gasteiger partial charge in [0.1, 0.15) is 6.61 Å². The van der Waals surface area contributed by atoms with Crippen molar-refractivity contribution in [3.8, 4) is 11.8 Å². The molecule has 1 N–H and O–H groups in total. The molecule has 0 aliphatic carbocycles. The predicted molar refractivity (Wildman–Crippen MR) is 108 cm³/mol. The highest BCUT2D eigenvalue weighted by Crippen LogP contribution is 2.10. The van der Waals surface area contributed by atoms with E-state index in [1.165, 1.54) is 0 Å². The zero-order chi connectivity index (χ0) is 20.2. The van der Waals surface area contributed by atoms with Crippen LogP contribution in [0.25, 0.3) is 0 Å². The molecule has 0 heterocycles. The second-order valence-corrected chi connectivity index (χ2v) is 6.55. The van der Waals surface area contributed by atoms with Crippen LogP contribution in [-0.2, 0) is 23.7 Å². The third-order valence-electron chi connectivity index (χ3n) is 3.73. The van der Waals surface area contributed by atoms with E-state index in [1.807, 2.05) is 6.92 Å². The van der Waals surface area contributed by atoms with Crippen molar-refractivity contribution in [3.63, 3.8) is 0 Å². The molecule has 0 spiro atoms. The fourth-order valence-corrected chi connectivity index (χ4v) is 2.29. The summed E-state index contributed by atoms with van der Waals surface area (Å²) in [6, 6.07) is 0. The number of ether oxygens (including phenoxy) is 4. The summed E-state index contributed by atoms with van der Waals surface area (Å²) in [6.45, 7) is 12.9. The van der Waals surface area contributed by atoms with E-state index >= 15 is 0 Å². The molecule has 27 heavy (non-hydrogen) atoms. The van der Waals surface area contributed by atoms with Crippen LogP contribution in [0.15, 0.2) is 0 Å². The minimum atomic E-state index is 0.122. The molecular weight excluding hydrogens is 346 g/mol. The number of hydrogen-bond acceptors (Lipinski definition) is 5. The van der Waals surface area contributed by atoms with Gasteiger partial charge < -0.3 is 24.3 Å². The van der Waals surface area contributed by atoms with E-state index in [0.717, 1.165) is 19.3 Å². The van der Waals surface area contributed by atoms with Crippen LogP contribution in [0.3, 0.4) is 0 Å². The van der Waals surface area contributed by atoms with Gasteiger partial charge in [-0.05, 0) is 12.8 Å². The lowest BCUT2D eigenvalue weighted by atomic mass is 10.00. The number of nitrogens with one attached hydrogen (secondary N) is 1. The van der Waals surface area contributed by atoms with Gasteiger partial charge >= 0.3 is 0 Å². The Morgan fingerprint density at radius 1 is 0.889 bits per heavy atom. The summed E-state index contributed by atoms with van der Waals surface area (Å²) in [5, 5.41) is 2.92. The molecule has 1 atom stereocenters. The molecule has 1 unspecified atom stereocenters. The molecule has 1 amide bonds. The number of amides is 1. The Morgan fingerprint density at radius 3 is 1.96 bits per heavy atom. The van der Waals surface area contributed by atoms with Crippen molar-refractivity contribution in [1.82, 2.24) is 5.32 Å². The number of carbonyl (C=O) groups is 1. The SMILES string of the molecule is CCCC(CC)C(=O)NCCOCCOCCOCCOCC#CC(C)C. The average Bonchev–Trinajstić information content (AvgIpc) is 2.65. The summed E-state index contributed by atoms with van der Waals surface area (Å²) >= 11 is 0. The van der Waals surface area contributed by atoms with Gasteiger partial charge in [0.05, 0.1) is 46.2 Å². The molecule has 0 aromatic heterocycles. The van der Waals surface area contributed by atoms with E-state index in [2.05, 4.69) is 37.9 Å². The molecule has 0 saturated carbocycles. The highest BCUT2D eigenvalue weighted by Gasteiger charge is 2.14. The van der Waals surface area contributed by atoms with Gasteiger partial charge in [0.25, 0.3) is 0 Å². The first kappa shape index (κ1) is 25.9. The zero-order valence-corrected chi connectivity index (χ0v) is 17.7. The molecule has 0 rings (SSSR count). The molecule has 158 valence electrons. The smallest absolute Gasteiger partial charge is 0.223 e. The maximum Gasteiger partial charge on any atom is 0.223 e. The first-order valence-corrected chi connectivity index (χ1v) is 10.2. The molecule has 0 aliphatic heterocycles. The zero-order valence-electron chi connectivity index (χ0n) is 17.7. The second-order valence-electron chi connectivity index (χ2n) is 6.55. The van der Waals surface area contributed by atoms with Crippen molar-refractivity contribution in [2.24, 2.45) is 11.8 Å². The minimum absolute atomic E-state index is 0.122. The molecule has 0 aliphatic rings. The molecule has 6 heteroatoms. The van der Waals surface area contributed by atoms with E-state index in [1.54, 1.807) is 0 Å². The van der Waals surface area contributed by atoms with Crippen molar-refractivity contribution >= 4 is 5.91 Å².